The lowest BCUT2D eigenvalue weighted by Crippen LogP contribution is -2.30. The fourth-order valence-electron chi connectivity index (χ4n) is 2.30. The lowest BCUT2D eigenvalue weighted by atomic mass is 10.1. The standard InChI is InChI=1S/C13H15F2NO2/c14-10-2-1-3-11(15)12(10)13(18)16-6-4-9(8-16)5-7-17/h1-3,9,17H,4-8H2. The minimum absolute atomic E-state index is 0.0702. The number of rotatable bonds is 3. The van der Waals surface area contributed by atoms with E-state index in [-0.39, 0.29) is 12.5 Å². The van der Waals surface area contributed by atoms with Crippen LogP contribution in [0.2, 0.25) is 0 Å². The molecule has 0 spiro atoms. The molecule has 0 bridgehead atoms. The number of benzene rings is 1. The van der Waals surface area contributed by atoms with Gasteiger partial charge in [0, 0.05) is 19.7 Å². The van der Waals surface area contributed by atoms with Gasteiger partial charge in [-0.05, 0) is 30.9 Å². The summed E-state index contributed by atoms with van der Waals surface area (Å²) in [6, 6.07) is 3.40. The van der Waals surface area contributed by atoms with Gasteiger partial charge in [0.25, 0.3) is 5.91 Å². The van der Waals surface area contributed by atoms with Crippen LogP contribution >= 0.6 is 0 Å². The van der Waals surface area contributed by atoms with Gasteiger partial charge >= 0.3 is 0 Å². The minimum atomic E-state index is -0.828. The highest BCUT2D eigenvalue weighted by molar-refractivity contribution is 5.94. The van der Waals surface area contributed by atoms with Crippen molar-refractivity contribution in [3.05, 3.63) is 35.4 Å². The normalized spacial score (nSPS) is 19.3. The predicted molar refractivity (Wildman–Crippen MR) is 62.1 cm³/mol. The maximum Gasteiger partial charge on any atom is 0.259 e. The van der Waals surface area contributed by atoms with Crippen molar-refractivity contribution < 1.29 is 18.7 Å². The summed E-state index contributed by atoms with van der Waals surface area (Å²) in [6.07, 6.45) is 1.38. The third kappa shape index (κ3) is 2.51. The van der Waals surface area contributed by atoms with Crippen molar-refractivity contribution in [2.45, 2.75) is 12.8 Å². The molecule has 0 saturated carbocycles. The van der Waals surface area contributed by atoms with Gasteiger partial charge in [0.05, 0.1) is 0 Å². The highest BCUT2D eigenvalue weighted by Gasteiger charge is 2.29. The molecule has 0 aromatic heterocycles. The lowest BCUT2D eigenvalue weighted by Gasteiger charge is -2.17. The number of nitrogens with zero attached hydrogens (tertiary/aromatic N) is 1. The number of likely N-dealkylation sites (tertiary alicyclic amines) is 1. The van der Waals surface area contributed by atoms with Crippen molar-refractivity contribution >= 4 is 5.91 Å². The van der Waals surface area contributed by atoms with Crippen LogP contribution in [0.3, 0.4) is 0 Å². The molecule has 5 heteroatoms. The Labute approximate surface area is 104 Å². The zero-order chi connectivity index (χ0) is 13.1. The molecule has 0 aliphatic carbocycles. The maximum absolute atomic E-state index is 13.5. The number of hydrogen-bond donors (Lipinski definition) is 1. The van der Waals surface area contributed by atoms with E-state index in [0.29, 0.717) is 19.5 Å². The number of hydrogen-bond acceptors (Lipinski definition) is 2. The molecule has 1 aromatic rings. The summed E-state index contributed by atoms with van der Waals surface area (Å²) < 4.78 is 26.9. The van der Waals surface area contributed by atoms with Gasteiger partial charge in [-0.1, -0.05) is 6.07 Å². The zero-order valence-corrected chi connectivity index (χ0v) is 9.90. The molecule has 98 valence electrons. The monoisotopic (exact) mass is 255 g/mol. The lowest BCUT2D eigenvalue weighted by molar-refractivity contribution is 0.0775. The quantitative estimate of drug-likeness (QED) is 0.894. The Kier molecular flexibility index (Phi) is 3.91. The van der Waals surface area contributed by atoms with Crippen LogP contribution in [0, 0.1) is 17.6 Å². The van der Waals surface area contributed by atoms with Crippen LogP contribution in [-0.4, -0.2) is 35.6 Å². The second-order valence-corrected chi connectivity index (χ2v) is 4.51. The van der Waals surface area contributed by atoms with Gasteiger partial charge in [0.2, 0.25) is 0 Å². The molecule has 1 heterocycles. The van der Waals surface area contributed by atoms with Crippen molar-refractivity contribution in [3.63, 3.8) is 0 Å². The van der Waals surface area contributed by atoms with Crippen LogP contribution in [0.5, 0.6) is 0 Å². The van der Waals surface area contributed by atoms with Crippen molar-refractivity contribution in [3.8, 4) is 0 Å². The molecule has 1 fully saturated rings. The predicted octanol–water partition coefficient (Wildman–Crippen LogP) is 1.81. The number of carbonyl (C=O) groups excluding carboxylic acids is 1. The molecule has 1 atom stereocenters. The SMILES string of the molecule is O=C(c1c(F)cccc1F)N1CCC(CCO)C1. The number of aliphatic hydroxyl groups excluding tert-OH is 1. The van der Waals surface area contributed by atoms with E-state index in [0.717, 1.165) is 18.6 Å². The van der Waals surface area contributed by atoms with Gasteiger partial charge in [0.1, 0.15) is 17.2 Å². The van der Waals surface area contributed by atoms with Gasteiger partial charge in [0.15, 0.2) is 0 Å². The molecule has 1 aromatic carbocycles. The summed E-state index contributed by atoms with van der Waals surface area (Å²) in [5.74, 6) is -2.05. The molecule has 3 nitrogen and oxygen atoms in total. The largest absolute Gasteiger partial charge is 0.396 e. The molecule has 18 heavy (non-hydrogen) atoms. The first-order valence-corrected chi connectivity index (χ1v) is 5.97. The smallest absolute Gasteiger partial charge is 0.259 e. The Morgan fingerprint density at radius 1 is 1.39 bits per heavy atom. The highest BCUT2D eigenvalue weighted by atomic mass is 19.1. The summed E-state index contributed by atoms with van der Waals surface area (Å²) in [6.45, 7) is 1.01. The van der Waals surface area contributed by atoms with E-state index in [1.807, 2.05) is 0 Å². The fourth-order valence-corrected chi connectivity index (χ4v) is 2.30. The average molecular weight is 255 g/mol. The third-order valence-electron chi connectivity index (χ3n) is 3.29. The summed E-state index contributed by atoms with van der Waals surface area (Å²) in [7, 11) is 0. The first-order chi connectivity index (χ1) is 8.63. The van der Waals surface area contributed by atoms with Crippen LogP contribution in [0.25, 0.3) is 0 Å². The molecule has 1 unspecified atom stereocenters. The van der Waals surface area contributed by atoms with E-state index in [4.69, 9.17) is 5.11 Å². The Morgan fingerprint density at radius 3 is 2.67 bits per heavy atom. The van der Waals surface area contributed by atoms with E-state index in [1.54, 1.807) is 0 Å². The van der Waals surface area contributed by atoms with E-state index in [9.17, 15) is 13.6 Å². The summed E-state index contributed by atoms with van der Waals surface area (Å²) in [4.78, 5) is 13.5. The fraction of sp³-hybridized carbons (Fsp3) is 0.462. The summed E-state index contributed by atoms with van der Waals surface area (Å²) in [5.41, 5.74) is -0.484. The molecule has 1 amide bonds. The number of halogens is 2. The van der Waals surface area contributed by atoms with Crippen LogP contribution in [-0.2, 0) is 0 Å². The van der Waals surface area contributed by atoms with Gasteiger partial charge < -0.3 is 10.0 Å². The number of aliphatic hydroxyl groups is 1. The Hall–Kier alpha value is -1.49. The second-order valence-electron chi connectivity index (χ2n) is 4.51. The Bertz CT molecular complexity index is 430. The second kappa shape index (κ2) is 5.44. The van der Waals surface area contributed by atoms with Crippen LogP contribution in [0.4, 0.5) is 8.78 Å². The minimum Gasteiger partial charge on any atom is -0.396 e. The topological polar surface area (TPSA) is 40.5 Å². The summed E-state index contributed by atoms with van der Waals surface area (Å²) >= 11 is 0. The van der Waals surface area contributed by atoms with Crippen molar-refractivity contribution in [2.75, 3.05) is 19.7 Å². The van der Waals surface area contributed by atoms with Crippen molar-refractivity contribution in [1.82, 2.24) is 4.90 Å². The molecule has 1 aliphatic heterocycles. The van der Waals surface area contributed by atoms with Crippen LogP contribution in [0.15, 0.2) is 18.2 Å². The van der Waals surface area contributed by atoms with Crippen molar-refractivity contribution in [2.24, 2.45) is 5.92 Å². The van der Waals surface area contributed by atoms with E-state index < -0.39 is 23.1 Å². The molecular formula is C13H15F2NO2. The average Bonchev–Trinajstić information content (AvgIpc) is 2.78. The van der Waals surface area contributed by atoms with Crippen LogP contribution < -0.4 is 0 Å². The van der Waals surface area contributed by atoms with Gasteiger partial charge in [-0.15, -0.1) is 0 Å². The first-order valence-electron chi connectivity index (χ1n) is 5.97. The molecule has 1 N–H and O–H groups in total. The molecule has 1 aliphatic rings. The summed E-state index contributed by atoms with van der Waals surface area (Å²) in [5, 5.41) is 8.83. The van der Waals surface area contributed by atoms with Gasteiger partial charge in [-0.25, -0.2) is 8.78 Å². The maximum atomic E-state index is 13.5. The van der Waals surface area contributed by atoms with E-state index in [2.05, 4.69) is 0 Å². The Balaban J connectivity index is 2.13. The highest BCUT2D eigenvalue weighted by Crippen LogP contribution is 2.23. The van der Waals surface area contributed by atoms with Crippen molar-refractivity contribution in [1.29, 1.82) is 0 Å². The van der Waals surface area contributed by atoms with Gasteiger partial charge in [-0.2, -0.15) is 0 Å². The molecule has 1 saturated heterocycles. The molecule has 0 radical (unpaired) electrons. The zero-order valence-electron chi connectivity index (χ0n) is 9.90. The molecule has 2 rings (SSSR count). The van der Waals surface area contributed by atoms with E-state index >= 15 is 0 Å². The first kappa shape index (κ1) is 13.0. The van der Waals surface area contributed by atoms with Crippen LogP contribution in [0.1, 0.15) is 23.2 Å². The number of carbonyl (C=O) groups is 1. The Morgan fingerprint density at radius 2 is 2.06 bits per heavy atom. The third-order valence-corrected chi connectivity index (χ3v) is 3.29. The number of amides is 1. The molecular weight excluding hydrogens is 240 g/mol. The van der Waals surface area contributed by atoms with E-state index in [1.165, 1.54) is 11.0 Å². The van der Waals surface area contributed by atoms with Gasteiger partial charge in [-0.3, -0.25) is 4.79 Å².